The van der Waals surface area contributed by atoms with Gasteiger partial charge in [-0.25, -0.2) is 8.42 Å². The molecule has 2 aromatic rings. The quantitative estimate of drug-likeness (QED) is 0.723. The number of rotatable bonds is 6. The molecule has 0 aromatic heterocycles. The predicted molar refractivity (Wildman–Crippen MR) is 113 cm³/mol. The van der Waals surface area contributed by atoms with E-state index in [-0.39, 0.29) is 11.4 Å². The summed E-state index contributed by atoms with van der Waals surface area (Å²) in [5.74, 6) is -1.36. The number of carbonyl (C=O) groups excluding carboxylic acids is 1. The number of hydrogen-bond acceptors (Lipinski definition) is 6. The fourth-order valence-corrected chi connectivity index (χ4v) is 4.24. The van der Waals surface area contributed by atoms with Crippen molar-refractivity contribution in [2.24, 2.45) is 11.7 Å². The van der Waals surface area contributed by atoms with Crippen LogP contribution in [0.25, 0.3) is 11.1 Å². The summed E-state index contributed by atoms with van der Waals surface area (Å²) in [6, 6.07) is 16.5. The molecule has 1 aliphatic rings. The molecule has 1 fully saturated rings. The number of ether oxygens (including phenoxy) is 1. The molecule has 0 saturated carbocycles. The highest BCUT2D eigenvalue weighted by Gasteiger charge is 2.46. The average Bonchev–Trinajstić information content (AvgIpc) is 2.99. The molecule has 158 valence electrons. The molecule has 2 aromatic carbocycles. The van der Waals surface area contributed by atoms with Gasteiger partial charge in [-0.05, 0) is 48.2 Å². The number of carbonyl (C=O) groups is 1. The molecule has 2 atom stereocenters. The van der Waals surface area contributed by atoms with Crippen molar-refractivity contribution in [3.63, 3.8) is 0 Å². The molecule has 8 heteroatoms. The van der Waals surface area contributed by atoms with Gasteiger partial charge in [-0.3, -0.25) is 4.79 Å². The lowest BCUT2D eigenvalue weighted by Crippen LogP contribution is -2.57. The van der Waals surface area contributed by atoms with Gasteiger partial charge in [0.25, 0.3) is 5.91 Å². The first-order valence-electron chi connectivity index (χ1n) is 9.70. The lowest BCUT2D eigenvalue weighted by atomic mass is 9.82. The Labute approximate surface area is 176 Å². The summed E-state index contributed by atoms with van der Waals surface area (Å²) in [6.45, 7) is 1.29. The number of hydrogen-bond donors (Lipinski definition) is 2. The largest absolute Gasteiger partial charge is 0.367 e. The van der Waals surface area contributed by atoms with Gasteiger partial charge in [0.15, 0.2) is 15.4 Å². The highest BCUT2D eigenvalue weighted by Crippen LogP contribution is 2.28. The number of nitrogens with one attached hydrogen (secondary N) is 1. The van der Waals surface area contributed by atoms with Crippen LogP contribution in [0.3, 0.4) is 0 Å². The smallest absolute Gasteiger partial charge is 0.252 e. The maximum absolute atomic E-state index is 12.2. The summed E-state index contributed by atoms with van der Waals surface area (Å²) in [7, 11) is -3.24. The van der Waals surface area contributed by atoms with Gasteiger partial charge >= 0.3 is 0 Å². The average molecular weight is 428 g/mol. The maximum Gasteiger partial charge on any atom is 0.252 e. The SMILES string of the molecule is CS(=O)(=O)c1ccc(-c2ccc(C[C@@H](C#N)C3(C(N)=O)CNCCCO3)cc2)cc1. The monoisotopic (exact) mass is 427 g/mol. The van der Waals surface area contributed by atoms with E-state index >= 15 is 0 Å². The second kappa shape index (κ2) is 8.96. The van der Waals surface area contributed by atoms with Crippen molar-refractivity contribution in [1.29, 1.82) is 5.26 Å². The van der Waals surface area contributed by atoms with Crippen molar-refractivity contribution in [3.8, 4) is 17.2 Å². The molecule has 1 heterocycles. The second-order valence-corrected chi connectivity index (χ2v) is 9.53. The molecule has 3 rings (SSSR count). The summed E-state index contributed by atoms with van der Waals surface area (Å²) in [4.78, 5) is 12.5. The number of nitrogens with two attached hydrogens (primary N) is 1. The predicted octanol–water partition coefficient (Wildman–Crippen LogP) is 1.67. The highest BCUT2D eigenvalue weighted by atomic mass is 32.2. The van der Waals surface area contributed by atoms with E-state index in [4.69, 9.17) is 10.5 Å². The zero-order valence-corrected chi connectivity index (χ0v) is 17.6. The fraction of sp³-hybridized carbons (Fsp3) is 0.364. The van der Waals surface area contributed by atoms with E-state index in [0.29, 0.717) is 19.6 Å². The Kier molecular flexibility index (Phi) is 6.56. The molecule has 3 N–H and O–H groups in total. The molecule has 0 aliphatic carbocycles. The lowest BCUT2D eigenvalue weighted by Gasteiger charge is -2.33. The lowest BCUT2D eigenvalue weighted by molar-refractivity contribution is -0.147. The number of sulfone groups is 1. The standard InChI is InChI=1S/C22H25N3O4S/c1-30(27,28)20-9-7-18(8-10-20)17-5-3-16(4-6-17)13-19(14-23)22(21(24)26)15-25-11-2-12-29-22/h3-10,19,25H,2,11-13,15H2,1H3,(H2,24,26)/t19-,22?/m0/s1. The topological polar surface area (TPSA) is 122 Å². The molecular weight excluding hydrogens is 402 g/mol. The van der Waals surface area contributed by atoms with Gasteiger partial charge in [0.05, 0.1) is 16.9 Å². The first-order valence-corrected chi connectivity index (χ1v) is 11.6. The van der Waals surface area contributed by atoms with Gasteiger partial charge in [0.1, 0.15) is 0 Å². The van der Waals surface area contributed by atoms with E-state index in [0.717, 1.165) is 23.1 Å². The van der Waals surface area contributed by atoms with Crippen LogP contribution in [0.5, 0.6) is 0 Å². The Bertz CT molecular complexity index is 1030. The van der Waals surface area contributed by atoms with Gasteiger partial charge in [0.2, 0.25) is 0 Å². The van der Waals surface area contributed by atoms with Crippen molar-refractivity contribution >= 4 is 15.7 Å². The second-order valence-electron chi connectivity index (χ2n) is 7.51. The van der Waals surface area contributed by atoms with Crippen LogP contribution < -0.4 is 11.1 Å². The molecule has 1 saturated heterocycles. The van der Waals surface area contributed by atoms with Crippen molar-refractivity contribution in [2.75, 3.05) is 26.0 Å². The van der Waals surface area contributed by atoms with E-state index in [9.17, 15) is 18.5 Å². The zero-order valence-electron chi connectivity index (χ0n) is 16.8. The molecule has 1 unspecified atom stereocenters. The third-order valence-corrected chi connectivity index (χ3v) is 6.52. The van der Waals surface area contributed by atoms with E-state index in [1.165, 1.54) is 6.26 Å². The van der Waals surface area contributed by atoms with Crippen molar-refractivity contribution in [3.05, 3.63) is 54.1 Å². The molecule has 1 aliphatic heterocycles. The van der Waals surface area contributed by atoms with Crippen LogP contribution in [-0.4, -0.2) is 45.9 Å². The van der Waals surface area contributed by atoms with E-state index in [1.54, 1.807) is 24.3 Å². The summed E-state index contributed by atoms with van der Waals surface area (Å²) in [6.07, 6.45) is 2.25. The van der Waals surface area contributed by atoms with Crippen LogP contribution in [0.15, 0.2) is 53.4 Å². The Hall–Kier alpha value is -2.73. The number of nitriles is 1. The molecule has 0 bridgehead atoms. The van der Waals surface area contributed by atoms with Gasteiger partial charge in [-0.15, -0.1) is 0 Å². The van der Waals surface area contributed by atoms with Crippen molar-refractivity contribution in [2.45, 2.75) is 23.3 Å². The minimum absolute atomic E-state index is 0.214. The third kappa shape index (κ3) is 4.70. The molecule has 0 spiro atoms. The Morgan fingerprint density at radius 1 is 1.20 bits per heavy atom. The summed E-state index contributed by atoms with van der Waals surface area (Å²) < 4.78 is 29.0. The molecule has 7 nitrogen and oxygen atoms in total. The van der Waals surface area contributed by atoms with Gasteiger partial charge in [0, 0.05) is 19.4 Å². The molecule has 30 heavy (non-hydrogen) atoms. The summed E-state index contributed by atoms with van der Waals surface area (Å²) in [5.41, 5.74) is 6.98. The van der Waals surface area contributed by atoms with Crippen molar-refractivity contribution < 1.29 is 17.9 Å². The normalized spacial score (nSPS) is 20.7. The summed E-state index contributed by atoms with van der Waals surface area (Å²) in [5, 5.41) is 12.9. The van der Waals surface area contributed by atoms with E-state index < -0.39 is 27.3 Å². The van der Waals surface area contributed by atoms with Gasteiger partial charge in [-0.2, -0.15) is 5.26 Å². The highest BCUT2D eigenvalue weighted by molar-refractivity contribution is 7.90. The Balaban J connectivity index is 1.80. The number of primary amides is 1. The minimum atomic E-state index is -3.24. The zero-order chi connectivity index (χ0) is 21.8. The third-order valence-electron chi connectivity index (χ3n) is 5.39. The van der Waals surface area contributed by atoms with Crippen molar-refractivity contribution in [1.82, 2.24) is 5.32 Å². The van der Waals surface area contributed by atoms with Crippen LogP contribution in [0.1, 0.15) is 12.0 Å². The Morgan fingerprint density at radius 2 is 1.80 bits per heavy atom. The number of nitrogens with zero attached hydrogens (tertiary/aromatic N) is 1. The fourth-order valence-electron chi connectivity index (χ4n) is 3.61. The molecule has 0 radical (unpaired) electrons. The Morgan fingerprint density at radius 3 is 2.33 bits per heavy atom. The number of benzene rings is 2. The first-order chi connectivity index (χ1) is 14.3. The number of amides is 1. The minimum Gasteiger partial charge on any atom is -0.367 e. The van der Waals surface area contributed by atoms with Crippen LogP contribution >= 0.6 is 0 Å². The van der Waals surface area contributed by atoms with E-state index in [1.807, 2.05) is 24.3 Å². The first kappa shape index (κ1) is 22.0. The van der Waals surface area contributed by atoms with Gasteiger partial charge in [-0.1, -0.05) is 36.4 Å². The summed E-state index contributed by atoms with van der Waals surface area (Å²) >= 11 is 0. The molecular formula is C22H25N3O4S. The van der Waals surface area contributed by atoms with Crippen LogP contribution in [0, 0.1) is 17.2 Å². The molecule has 1 amide bonds. The van der Waals surface area contributed by atoms with Crippen LogP contribution in [-0.2, 0) is 25.8 Å². The van der Waals surface area contributed by atoms with Crippen LogP contribution in [0.2, 0.25) is 0 Å². The van der Waals surface area contributed by atoms with E-state index in [2.05, 4.69) is 11.4 Å². The van der Waals surface area contributed by atoms with Crippen LogP contribution in [0.4, 0.5) is 0 Å². The van der Waals surface area contributed by atoms with Gasteiger partial charge < -0.3 is 15.8 Å². The maximum atomic E-state index is 12.2.